The minimum Gasteiger partial charge on any atom is -0.357 e. The smallest absolute Gasteiger partial charge is 0.202 e. The third-order valence-electron chi connectivity index (χ3n) is 3.84. The number of hydrogen-bond donors (Lipinski definition) is 1. The molecule has 1 fully saturated rings. The van der Waals surface area contributed by atoms with Gasteiger partial charge in [0, 0.05) is 23.0 Å². The van der Waals surface area contributed by atoms with Crippen molar-refractivity contribution in [1.82, 2.24) is 9.36 Å². The molecule has 18 heavy (non-hydrogen) atoms. The van der Waals surface area contributed by atoms with Gasteiger partial charge in [0.05, 0.1) is 0 Å². The van der Waals surface area contributed by atoms with Gasteiger partial charge in [-0.1, -0.05) is 47.0 Å². The van der Waals surface area contributed by atoms with Gasteiger partial charge in [-0.05, 0) is 18.8 Å². The van der Waals surface area contributed by atoms with E-state index in [-0.39, 0.29) is 5.41 Å². The van der Waals surface area contributed by atoms with Crippen molar-refractivity contribution in [1.29, 1.82) is 0 Å². The summed E-state index contributed by atoms with van der Waals surface area (Å²) in [7, 11) is 0. The lowest BCUT2D eigenvalue weighted by Gasteiger charge is -2.31. The fraction of sp³-hybridized carbons (Fsp3) is 0.857. The summed E-state index contributed by atoms with van der Waals surface area (Å²) in [4.78, 5) is 4.64. The Morgan fingerprint density at radius 1 is 1.28 bits per heavy atom. The van der Waals surface area contributed by atoms with Crippen LogP contribution in [0.2, 0.25) is 0 Å². The van der Waals surface area contributed by atoms with Gasteiger partial charge < -0.3 is 5.32 Å². The molecular weight excluding hydrogens is 242 g/mol. The fourth-order valence-corrected chi connectivity index (χ4v) is 3.45. The van der Waals surface area contributed by atoms with E-state index in [0.29, 0.717) is 6.04 Å². The Labute approximate surface area is 115 Å². The van der Waals surface area contributed by atoms with Crippen molar-refractivity contribution in [2.24, 2.45) is 5.92 Å². The van der Waals surface area contributed by atoms with Crippen LogP contribution in [0, 0.1) is 5.92 Å². The van der Waals surface area contributed by atoms with Crippen molar-refractivity contribution in [2.75, 3.05) is 5.32 Å². The molecule has 0 aromatic carbocycles. The van der Waals surface area contributed by atoms with E-state index in [1.807, 2.05) is 0 Å². The van der Waals surface area contributed by atoms with Crippen LogP contribution in [0.5, 0.6) is 0 Å². The first kappa shape index (κ1) is 13.8. The SMILES string of the molecule is CCC1CCCCC1Nc1nc(C(C)(C)C)ns1. The Kier molecular flexibility index (Phi) is 4.25. The molecule has 0 bridgehead atoms. The summed E-state index contributed by atoms with van der Waals surface area (Å²) < 4.78 is 4.47. The second-order valence-electron chi connectivity index (χ2n) is 6.38. The summed E-state index contributed by atoms with van der Waals surface area (Å²) in [5.41, 5.74) is 0.0488. The molecule has 0 aliphatic heterocycles. The Morgan fingerprint density at radius 3 is 2.61 bits per heavy atom. The quantitative estimate of drug-likeness (QED) is 0.891. The summed E-state index contributed by atoms with van der Waals surface area (Å²) in [5, 5.41) is 4.62. The Hall–Kier alpha value is -0.640. The van der Waals surface area contributed by atoms with E-state index >= 15 is 0 Å². The summed E-state index contributed by atoms with van der Waals surface area (Å²) in [6.07, 6.45) is 6.64. The maximum atomic E-state index is 4.64. The second-order valence-corrected chi connectivity index (χ2v) is 7.13. The van der Waals surface area contributed by atoms with Crippen molar-refractivity contribution in [3.8, 4) is 0 Å². The lowest BCUT2D eigenvalue weighted by Crippen LogP contribution is -2.31. The number of nitrogens with one attached hydrogen (secondary N) is 1. The summed E-state index contributed by atoms with van der Waals surface area (Å²) in [6.45, 7) is 8.78. The van der Waals surface area contributed by atoms with E-state index in [9.17, 15) is 0 Å². The first-order valence-corrected chi connectivity index (χ1v) is 7.88. The zero-order valence-electron chi connectivity index (χ0n) is 12.0. The van der Waals surface area contributed by atoms with Gasteiger partial charge >= 0.3 is 0 Å². The van der Waals surface area contributed by atoms with Gasteiger partial charge in [0.25, 0.3) is 0 Å². The van der Waals surface area contributed by atoms with Crippen molar-refractivity contribution in [3.05, 3.63) is 5.82 Å². The Balaban J connectivity index is 2.02. The zero-order chi connectivity index (χ0) is 13.2. The molecule has 0 spiro atoms. The molecule has 1 saturated carbocycles. The molecule has 1 aliphatic rings. The second kappa shape index (κ2) is 5.55. The summed E-state index contributed by atoms with van der Waals surface area (Å²) >= 11 is 1.51. The minimum absolute atomic E-state index is 0.0488. The molecule has 2 rings (SSSR count). The van der Waals surface area contributed by atoms with E-state index in [4.69, 9.17) is 0 Å². The topological polar surface area (TPSA) is 37.8 Å². The number of anilines is 1. The molecule has 3 nitrogen and oxygen atoms in total. The van der Waals surface area contributed by atoms with E-state index in [2.05, 4.69) is 42.4 Å². The van der Waals surface area contributed by atoms with Crippen molar-refractivity contribution >= 4 is 16.7 Å². The predicted octanol–water partition coefficient (Wildman–Crippen LogP) is 4.22. The first-order valence-electron chi connectivity index (χ1n) is 7.11. The average Bonchev–Trinajstić information content (AvgIpc) is 2.78. The largest absolute Gasteiger partial charge is 0.357 e. The molecule has 1 aliphatic carbocycles. The van der Waals surface area contributed by atoms with Crippen LogP contribution in [0.25, 0.3) is 0 Å². The maximum absolute atomic E-state index is 4.64. The first-order chi connectivity index (χ1) is 8.50. The molecule has 0 saturated heterocycles. The monoisotopic (exact) mass is 267 g/mol. The van der Waals surface area contributed by atoms with Crippen molar-refractivity contribution in [3.63, 3.8) is 0 Å². The fourth-order valence-electron chi connectivity index (χ4n) is 2.63. The van der Waals surface area contributed by atoms with Crippen LogP contribution < -0.4 is 5.32 Å². The lowest BCUT2D eigenvalue weighted by molar-refractivity contribution is 0.317. The van der Waals surface area contributed by atoms with Gasteiger partial charge in [-0.15, -0.1) is 0 Å². The van der Waals surface area contributed by atoms with Crippen LogP contribution in [0.15, 0.2) is 0 Å². The Morgan fingerprint density at radius 2 is 2.00 bits per heavy atom. The van der Waals surface area contributed by atoms with Crippen LogP contribution in [-0.2, 0) is 5.41 Å². The highest BCUT2D eigenvalue weighted by Crippen LogP contribution is 2.30. The predicted molar refractivity (Wildman–Crippen MR) is 78.3 cm³/mol. The molecule has 102 valence electrons. The Bertz CT molecular complexity index is 381. The number of nitrogens with zero attached hydrogens (tertiary/aromatic N) is 2. The van der Waals surface area contributed by atoms with Gasteiger partial charge in [-0.25, -0.2) is 4.98 Å². The maximum Gasteiger partial charge on any atom is 0.202 e. The highest BCUT2D eigenvalue weighted by molar-refractivity contribution is 7.09. The summed E-state index contributed by atoms with van der Waals surface area (Å²) in [5.74, 6) is 1.76. The molecule has 0 radical (unpaired) electrons. The van der Waals surface area contributed by atoms with Gasteiger partial charge in [0.1, 0.15) is 5.82 Å². The third kappa shape index (κ3) is 3.22. The number of rotatable bonds is 3. The van der Waals surface area contributed by atoms with E-state index in [1.54, 1.807) is 0 Å². The van der Waals surface area contributed by atoms with Gasteiger partial charge in [-0.2, -0.15) is 4.37 Å². The van der Waals surface area contributed by atoms with Gasteiger partial charge in [-0.3, -0.25) is 0 Å². The van der Waals surface area contributed by atoms with Crippen LogP contribution in [0.3, 0.4) is 0 Å². The molecule has 1 aromatic heterocycles. The summed E-state index contributed by atoms with van der Waals surface area (Å²) in [6, 6.07) is 0.601. The van der Waals surface area contributed by atoms with Gasteiger partial charge in [0.2, 0.25) is 5.13 Å². The number of hydrogen-bond acceptors (Lipinski definition) is 4. The highest BCUT2D eigenvalue weighted by atomic mass is 32.1. The molecule has 1 heterocycles. The molecule has 1 aromatic rings. The molecular formula is C14H25N3S. The minimum atomic E-state index is 0.0488. The average molecular weight is 267 g/mol. The molecule has 4 heteroatoms. The lowest BCUT2D eigenvalue weighted by atomic mass is 9.83. The third-order valence-corrected chi connectivity index (χ3v) is 4.49. The molecule has 2 unspecified atom stereocenters. The zero-order valence-corrected chi connectivity index (χ0v) is 12.8. The van der Waals surface area contributed by atoms with Crippen molar-refractivity contribution < 1.29 is 0 Å². The van der Waals surface area contributed by atoms with Crippen molar-refractivity contribution in [2.45, 2.75) is 71.3 Å². The van der Waals surface area contributed by atoms with Crippen LogP contribution >= 0.6 is 11.5 Å². The molecule has 2 atom stereocenters. The van der Waals surface area contributed by atoms with Crippen LogP contribution in [-0.4, -0.2) is 15.4 Å². The number of aromatic nitrogens is 2. The van der Waals surface area contributed by atoms with E-state index in [0.717, 1.165) is 16.9 Å². The van der Waals surface area contributed by atoms with Gasteiger partial charge in [0.15, 0.2) is 0 Å². The van der Waals surface area contributed by atoms with E-state index < -0.39 is 0 Å². The molecule has 0 amide bonds. The highest BCUT2D eigenvalue weighted by Gasteiger charge is 2.25. The normalized spacial score (nSPS) is 25.1. The van der Waals surface area contributed by atoms with Crippen LogP contribution in [0.1, 0.15) is 65.6 Å². The molecule has 1 N–H and O–H groups in total. The van der Waals surface area contributed by atoms with Crippen LogP contribution in [0.4, 0.5) is 5.13 Å². The van der Waals surface area contributed by atoms with E-state index in [1.165, 1.54) is 43.6 Å². The standard InChI is InChI=1S/C14H25N3S/c1-5-10-8-6-7-9-11(10)15-13-16-12(17-18-13)14(2,3)4/h10-11H,5-9H2,1-4H3,(H,15,16,17).